The highest BCUT2D eigenvalue weighted by Crippen LogP contribution is 2.17. The third kappa shape index (κ3) is 5.55. The van der Waals surface area contributed by atoms with Crippen molar-refractivity contribution in [1.82, 2.24) is 19.9 Å². The number of piperidine rings is 1. The lowest BCUT2D eigenvalue weighted by molar-refractivity contribution is 0.0983. The van der Waals surface area contributed by atoms with Crippen LogP contribution in [0.4, 0.5) is 16.6 Å². The summed E-state index contributed by atoms with van der Waals surface area (Å²) in [6.07, 6.45) is 7.83. The first-order valence-electron chi connectivity index (χ1n) is 9.77. The predicted molar refractivity (Wildman–Crippen MR) is 108 cm³/mol. The molecular weight excluding hydrogens is 356 g/mol. The first kappa shape index (κ1) is 19.9. The Morgan fingerprint density at radius 1 is 1.25 bits per heavy atom. The van der Waals surface area contributed by atoms with Gasteiger partial charge in [0.25, 0.3) is 0 Å². The van der Waals surface area contributed by atoms with Crippen LogP contribution in [0, 0.1) is 0 Å². The summed E-state index contributed by atoms with van der Waals surface area (Å²) in [6.45, 7) is 4.45. The van der Waals surface area contributed by atoms with Crippen LogP contribution in [0.15, 0.2) is 36.8 Å². The van der Waals surface area contributed by atoms with Crippen LogP contribution in [0.3, 0.4) is 0 Å². The van der Waals surface area contributed by atoms with Gasteiger partial charge in [0.05, 0.1) is 6.61 Å². The Labute approximate surface area is 166 Å². The molecule has 28 heavy (non-hydrogen) atoms. The number of rotatable bonds is 7. The molecule has 0 bridgehead atoms. The van der Waals surface area contributed by atoms with Gasteiger partial charge in [-0.25, -0.2) is 9.78 Å². The highest BCUT2D eigenvalue weighted by Gasteiger charge is 2.23. The van der Waals surface area contributed by atoms with E-state index < -0.39 is 0 Å². The normalized spacial score (nSPS) is 14.6. The minimum Gasteiger partial charge on any atom is -0.450 e. The fourth-order valence-corrected chi connectivity index (χ4v) is 3.19. The quantitative estimate of drug-likeness (QED) is 0.785. The molecule has 0 radical (unpaired) electrons. The predicted octanol–water partition coefficient (Wildman–Crippen LogP) is 2.58. The van der Waals surface area contributed by atoms with E-state index in [0.717, 1.165) is 31.6 Å². The largest absolute Gasteiger partial charge is 0.450 e. The van der Waals surface area contributed by atoms with Crippen LogP contribution in [-0.2, 0) is 11.2 Å². The molecule has 1 aliphatic rings. The molecule has 0 aromatic carbocycles. The summed E-state index contributed by atoms with van der Waals surface area (Å²) >= 11 is 0. The van der Waals surface area contributed by atoms with E-state index >= 15 is 0 Å². The van der Waals surface area contributed by atoms with Crippen LogP contribution in [0.2, 0.25) is 0 Å². The zero-order chi connectivity index (χ0) is 19.8. The van der Waals surface area contributed by atoms with Crippen LogP contribution in [0.25, 0.3) is 0 Å². The van der Waals surface area contributed by atoms with Crippen LogP contribution >= 0.6 is 0 Å². The molecule has 1 saturated heterocycles. The van der Waals surface area contributed by atoms with Gasteiger partial charge in [0.15, 0.2) is 0 Å². The van der Waals surface area contributed by atoms with E-state index in [-0.39, 0.29) is 12.1 Å². The number of aromatic nitrogens is 3. The summed E-state index contributed by atoms with van der Waals surface area (Å²) in [6, 6.07) is 6.22. The van der Waals surface area contributed by atoms with Gasteiger partial charge in [-0.15, -0.1) is 0 Å². The van der Waals surface area contributed by atoms with Gasteiger partial charge in [0.2, 0.25) is 5.95 Å². The van der Waals surface area contributed by atoms with Crippen LogP contribution in [0.5, 0.6) is 0 Å². The molecule has 1 amide bonds. The van der Waals surface area contributed by atoms with E-state index in [2.05, 4.69) is 25.2 Å². The first-order valence-corrected chi connectivity index (χ1v) is 9.77. The Bertz CT molecular complexity index is 749. The van der Waals surface area contributed by atoms with Crippen molar-refractivity contribution in [3.63, 3.8) is 0 Å². The first-order chi connectivity index (χ1) is 13.7. The number of carbonyl (C=O) groups excluding carboxylic acids is 1. The van der Waals surface area contributed by atoms with Crippen molar-refractivity contribution in [3.05, 3.63) is 42.4 Å². The number of hydrogen-bond acceptors (Lipinski definition) is 7. The molecular formula is C20H28N6O2. The maximum atomic E-state index is 11.8. The number of likely N-dealkylation sites (N-methyl/N-ethyl adjacent to an activating group) is 1. The SMILES string of the molecule is CCOC(=O)N1CCC(Nc2ccnc(N(C)CCc3ccncc3)n2)CC1. The molecule has 2 aromatic heterocycles. The molecule has 8 heteroatoms. The molecule has 150 valence electrons. The standard InChI is InChI=1S/C20H28N6O2/c1-3-28-20(27)26-14-8-17(9-15-26)23-18-6-12-22-19(24-18)25(2)13-7-16-4-10-21-11-5-16/h4-6,10-12,17H,3,7-9,13-15H2,1-2H3,(H,22,23,24). The summed E-state index contributed by atoms with van der Waals surface area (Å²) in [7, 11) is 2.00. The van der Waals surface area contributed by atoms with Gasteiger partial charge in [-0.05, 0) is 49.9 Å². The average molecular weight is 384 g/mol. The van der Waals surface area contributed by atoms with Crippen molar-refractivity contribution in [2.24, 2.45) is 0 Å². The average Bonchev–Trinajstić information content (AvgIpc) is 2.73. The molecule has 1 aliphatic heterocycles. The number of ether oxygens (including phenoxy) is 1. The highest BCUT2D eigenvalue weighted by molar-refractivity contribution is 5.67. The molecule has 0 unspecified atom stereocenters. The third-order valence-corrected chi connectivity index (χ3v) is 4.84. The molecule has 3 heterocycles. The molecule has 1 N–H and O–H groups in total. The van der Waals surface area contributed by atoms with Crippen LogP contribution in [0.1, 0.15) is 25.3 Å². The maximum absolute atomic E-state index is 11.8. The van der Waals surface area contributed by atoms with E-state index in [4.69, 9.17) is 4.74 Å². The zero-order valence-corrected chi connectivity index (χ0v) is 16.5. The van der Waals surface area contributed by atoms with Gasteiger partial charge in [-0.2, -0.15) is 4.98 Å². The summed E-state index contributed by atoms with van der Waals surface area (Å²) in [5.41, 5.74) is 1.24. The second kappa shape index (κ2) is 9.87. The minimum atomic E-state index is -0.221. The Morgan fingerprint density at radius 3 is 2.71 bits per heavy atom. The lowest BCUT2D eigenvalue weighted by atomic mass is 10.1. The van der Waals surface area contributed by atoms with Crippen molar-refractivity contribution in [2.75, 3.05) is 43.5 Å². The molecule has 1 fully saturated rings. The zero-order valence-electron chi connectivity index (χ0n) is 16.5. The lowest BCUT2D eigenvalue weighted by Crippen LogP contribution is -2.42. The summed E-state index contributed by atoms with van der Waals surface area (Å²) in [5.74, 6) is 1.51. The lowest BCUT2D eigenvalue weighted by Gasteiger charge is -2.32. The number of carbonyl (C=O) groups is 1. The monoisotopic (exact) mass is 384 g/mol. The smallest absolute Gasteiger partial charge is 0.409 e. The summed E-state index contributed by atoms with van der Waals surface area (Å²) in [5, 5.41) is 3.48. The van der Waals surface area contributed by atoms with Gasteiger partial charge in [-0.1, -0.05) is 0 Å². The molecule has 0 aliphatic carbocycles. The van der Waals surface area contributed by atoms with Crippen molar-refractivity contribution in [3.8, 4) is 0 Å². The number of hydrogen-bond donors (Lipinski definition) is 1. The molecule has 3 rings (SSSR count). The number of nitrogens with zero attached hydrogens (tertiary/aromatic N) is 5. The molecule has 0 spiro atoms. The van der Waals surface area contributed by atoms with E-state index in [1.807, 2.05) is 44.6 Å². The number of nitrogens with one attached hydrogen (secondary N) is 1. The maximum Gasteiger partial charge on any atom is 0.409 e. The number of likely N-dealkylation sites (tertiary alicyclic amines) is 1. The van der Waals surface area contributed by atoms with Crippen molar-refractivity contribution in [1.29, 1.82) is 0 Å². The van der Waals surface area contributed by atoms with E-state index in [0.29, 0.717) is 25.6 Å². The fourth-order valence-electron chi connectivity index (χ4n) is 3.19. The van der Waals surface area contributed by atoms with Crippen molar-refractivity contribution in [2.45, 2.75) is 32.2 Å². The summed E-state index contributed by atoms with van der Waals surface area (Å²) in [4.78, 5) is 28.7. The number of anilines is 2. The minimum absolute atomic E-state index is 0.221. The van der Waals surface area contributed by atoms with Crippen molar-refractivity contribution >= 4 is 17.9 Å². The Balaban J connectivity index is 1.50. The Hall–Kier alpha value is -2.90. The van der Waals surface area contributed by atoms with E-state index in [1.54, 1.807) is 11.1 Å². The highest BCUT2D eigenvalue weighted by atomic mass is 16.6. The topological polar surface area (TPSA) is 83.5 Å². The van der Waals surface area contributed by atoms with Crippen molar-refractivity contribution < 1.29 is 9.53 Å². The second-order valence-corrected chi connectivity index (χ2v) is 6.87. The Morgan fingerprint density at radius 2 is 2.00 bits per heavy atom. The third-order valence-electron chi connectivity index (χ3n) is 4.84. The number of amides is 1. The van der Waals surface area contributed by atoms with Crippen LogP contribution in [-0.4, -0.2) is 65.3 Å². The summed E-state index contributed by atoms with van der Waals surface area (Å²) < 4.78 is 5.07. The molecule has 0 atom stereocenters. The Kier molecular flexibility index (Phi) is 7.00. The molecule has 8 nitrogen and oxygen atoms in total. The van der Waals surface area contributed by atoms with Gasteiger partial charge in [-0.3, -0.25) is 4.98 Å². The van der Waals surface area contributed by atoms with Gasteiger partial charge in [0, 0.05) is 51.3 Å². The van der Waals surface area contributed by atoms with Gasteiger partial charge in [0.1, 0.15) is 5.82 Å². The van der Waals surface area contributed by atoms with Gasteiger partial charge >= 0.3 is 6.09 Å². The van der Waals surface area contributed by atoms with Gasteiger partial charge < -0.3 is 19.9 Å². The molecule has 0 saturated carbocycles. The van der Waals surface area contributed by atoms with E-state index in [1.165, 1.54) is 5.56 Å². The molecule has 2 aromatic rings. The van der Waals surface area contributed by atoms with E-state index in [9.17, 15) is 4.79 Å². The number of pyridine rings is 1. The second-order valence-electron chi connectivity index (χ2n) is 6.87. The van der Waals surface area contributed by atoms with Crippen LogP contribution < -0.4 is 10.2 Å². The fraction of sp³-hybridized carbons (Fsp3) is 0.500.